The first kappa shape index (κ1) is 23.5. The van der Waals surface area contributed by atoms with Gasteiger partial charge in [0.15, 0.2) is 11.5 Å². The van der Waals surface area contributed by atoms with Gasteiger partial charge in [-0.2, -0.15) is 0 Å². The van der Waals surface area contributed by atoms with Crippen LogP contribution in [0.15, 0.2) is 41.1 Å². The van der Waals surface area contributed by atoms with Crippen molar-refractivity contribution < 1.29 is 14.2 Å². The van der Waals surface area contributed by atoms with Crippen molar-refractivity contribution in [3.05, 3.63) is 41.1 Å². The number of likely N-dealkylation sites (N-methyl/N-ethyl adjacent to an activating group) is 1. The maximum Gasteiger partial charge on any atom is 0.163 e. The highest BCUT2D eigenvalue weighted by molar-refractivity contribution is 9.10. The van der Waals surface area contributed by atoms with E-state index < -0.39 is 0 Å². The fourth-order valence-corrected chi connectivity index (χ4v) is 4.18. The van der Waals surface area contributed by atoms with Crippen LogP contribution in [0, 0.1) is 0 Å². The normalized spacial score (nSPS) is 14.9. The number of hydrogen-bond donors (Lipinski definition) is 1. The van der Waals surface area contributed by atoms with E-state index in [9.17, 15) is 0 Å². The number of rotatable bonds is 9. The number of ether oxygens (including phenoxy) is 3. The lowest BCUT2D eigenvalue weighted by Gasteiger charge is -2.32. The predicted octanol–water partition coefficient (Wildman–Crippen LogP) is 4.17. The van der Waals surface area contributed by atoms with Crippen LogP contribution in [-0.4, -0.2) is 80.4 Å². The molecule has 1 aromatic heterocycles. The average Bonchev–Trinajstić information content (AvgIpc) is 2.84. The summed E-state index contributed by atoms with van der Waals surface area (Å²) in [5.74, 6) is 2.78. The SMILES string of the molecule is COc1ccc(Br)c(Nc2ncnc3cc(OCCCN4CCN(C)CC4)c(OC)cc23)c1. The smallest absolute Gasteiger partial charge is 0.163 e. The van der Waals surface area contributed by atoms with Crippen LogP contribution in [0.5, 0.6) is 17.2 Å². The highest BCUT2D eigenvalue weighted by Crippen LogP contribution is 2.36. The number of methoxy groups -OCH3 is 2. The Morgan fingerprint density at radius 2 is 1.82 bits per heavy atom. The van der Waals surface area contributed by atoms with Crippen LogP contribution in [0.25, 0.3) is 10.9 Å². The van der Waals surface area contributed by atoms with E-state index in [1.165, 1.54) is 0 Å². The Morgan fingerprint density at radius 1 is 1.00 bits per heavy atom. The second kappa shape index (κ2) is 11.0. The molecule has 1 fully saturated rings. The Labute approximate surface area is 203 Å². The van der Waals surface area contributed by atoms with Crippen LogP contribution in [0.2, 0.25) is 0 Å². The van der Waals surface area contributed by atoms with E-state index in [1.807, 2.05) is 30.3 Å². The van der Waals surface area contributed by atoms with Crippen LogP contribution >= 0.6 is 15.9 Å². The molecule has 0 atom stereocenters. The van der Waals surface area contributed by atoms with Crippen LogP contribution in [0.3, 0.4) is 0 Å². The molecule has 2 heterocycles. The third kappa shape index (κ3) is 5.85. The van der Waals surface area contributed by atoms with Gasteiger partial charge in [0.05, 0.1) is 32.0 Å². The Kier molecular flexibility index (Phi) is 7.85. The monoisotopic (exact) mass is 515 g/mol. The lowest BCUT2D eigenvalue weighted by atomic mass is 10.2. The Morgan fingerprint density at radius 3 is 2.58 bits per heavy atom. The molecule has 0 unspecified atom stereocenters. The zero-order valence-electron chi connectivity index (χ0n) is 19.3. The maximum absolute atomic E-state index is 6.09. The molecule has 0 saturated carbocycles. The molecule has 1 aliphatic rings. The summed E-state index contributed by atoms with van der Waals surface area (Å²) in [6.45, 7) is 6.15. The molecular weight excluding hydrogens is 486 g/mol. The van der Waals surface area contributed by atoms with E-state index in [0.717, 1.165) is 66.0 Å². The molecule has 1 N–H and O–H groups in total. The summed E-state index contributed by atoms with van der Waals surface area (Å²) in [6.07, 6.45) is 2.51. The van der Waals surface area contributed by atoms with Gasteiger partial charge in [0.2, 0.25) is 0 Å². The molecule has 2 aromatic carbocycles. The molecule has 0 bridgehead atoms. The summed E-state index contributed by atoms with van der Waals surface area (Å²) in [5, 5.41) is 4.21. The van der Waals surface area contributed by atoms with E-state index in [2.05, 4.69) is 48.1 Å². The summed E-state index contributed by atoms with van der Waals surface area (Å²) < 4.78 is 18.0. The van der Waals surface area contributed by atoms with Crippen LogP contribution < -0.4 is 19.5 Å². The number of halogens is 1. The van der Waals surface area contributed by atoms with Gasteiger partial charge in [0.1, 0.15) is 17.9 Å². The molecule has 8 nitrogen and oxygen atoms in total. The van der Waals surface area contributed by atoms with Gasteiger partial charge in [-0.25, -0.2) is 9.97 Å². The highest BCUT2D eigenvalue weighted by Gasteiger charge is 2.15. The number of anilines is 2. The molecular formula is C24H30BrN5O3. The second-order valence-corrected chi connectivity index (χ2v) is 8.91. The molecule has 1 aliphatic heterocycles. The zero-order valence-corrected chi connectivity index (χ0v) is 20.9. The largest absolute Gasteiger partial charge is 0.497 e. The standard InChI is InChI=1S/C24H30BrN5O3/c1-29-8-10-30(11-9-29)7-4-12-33-23-15-20-18(14-22(23)32-3)24(27-16-26-20)28-21-13-17(31-2)5-6-19(21)25/h5-6,13-16H,4,7-12H2,1-3H3,(H,26,27,28). The first-order chi connectivity index (χ1) is 16.1. The van der Waals surface area contributed by atoms with Crippen molar-refractivity contribution >= 4 is 38.3 Å². The van der Waals surface area contributed by atoms with E-state index in [0.29, 0.717) is 23.9 Å². The van der Waals surface area contributed by atoms with E-state index in [4.69, 9.17) is 14.2 Å². The first-order valence-electron chi connectivity index (χ1n) is 11.0. The van der Waals surface area contributed by atoms with Crippen LogP contribution in [0.4, 0.5) is 11.5 Å². The van der Waals surface area contributed by atoms with Gasteiger partial charge in [-0.05, 0) is 47.6 Å². The van der Waals surface area contributed by atoms with Crippen LogP contribution in [-0.2, 0) is 0 Å². The van der Waals surface area contributed by atoms with Crippen molar-refractivity contribution in [2.24, 2.45) is 0 Å². The molecule has 0 aliphatic carbocycles. The Balaban J connectivity index is 1.47. The van der Waals surface area contributed by atoms with Crippen molar-refractivity contribution in [2.45, 2.75) is 6.42 Å². The van der Waals surface area contributed by atoms with Gasteiger partial charge in [-0.3, -0.25) is 0 Å². The van der Waals surface area contributed by atoms with Crippen molar-refractivity contribution in [3.63, 3.8) is 0 Å². The van der Waals surface area contributed by atoms with Gasteiger partial charge < -0.3 is 29.3 Å². The van der Waals surface area contributed by atoms with E-state index in [1.54, 1.807) is 20.5 Å². The number of benzene rings is 2. The summed E-state index contributed by atoms with van der Waals surface area (Å²) >= 11 is 3.58. The van der Waals surface area contributed by atoms with Gasteiger partial charge in [0, 0.05) is 54.7 Å². The molecule has 0 amide bonds. The molecule has 9 heteroatoms. The van der Waals surface area contributed by atoms with Crippen molar-refractivity contribution in [1.82, 2.24) is 19.8 Å². The molecule has 3 aromatic rings. The lowest BCUT2D eigenvalue weighted by Crippen LogP contribution is -2.44. The fraction of sp³-hybridized carbons (Fsp3) is 0.417. The summed E-state index contributed by atoms with van der Waals surface area (Å²) in [7, 11) is 5.46. The number of piperazine rings is 1. The van der Waals surface area contributed by atoms with Crippen molar-refractivity contribution in [1.29, 1.82) is 0 Å². The molecule has 0 spiro atoms. The van der Waals surface area contributed by atoms with E-state index >= 15 is 0 Å². The topological polar surface area (TPSA) is 72.0 Å². The zero-order chi connectivity index (χ0) is 23.2. The molecule has 4 rings (SSSR count). The second-order valence-electron chi connectivity index (χ2n) is 8.06. The molecule has 0 radical (unpaired) electrons. The Bertz CT molecular complexity index is 1090. The number of hydrogen-bond acceptors (Lipinski definition) is 8. The fourth-order valence-electron chi connectivity index (χ4n) is 3.83. The molecule has 33 heavy (non-hydrogen) atoms. The minimum atomic E-state index is 0.626. The quantitative estimate of drug-likeness (QED) is 0.425. The minimum Gasteiger partial charge on any atom is -0.497 e. The predicted molar refractivity (Wildman–Crippen MR) is 134 cm³/mol. The average molecular weight is 516 g/mol. The lowest BCUT2D eigenvalue weighted by molar-refractivity contribution is 0.145. The molecule has 1 saturated heterocycles. The van der Waals surface area contributed by atoms with Crippen molar-refractivity contribution in [2.75, 3.05) is 65.9 Å². The van der Waals surface area contributed by atoms with Crippen molar-refractivity contribution in [3.8, 4) is 17.2 Å². The first-order valence-corrected chi connectivity index (χ1v) is 11.8. The Hall–Kier alpha value is -2.62. The maximum atomic E-state index is 6.09. The van der Waals surface area contributed by atoms with Gasteiger partial charge in [-0.15, -0.1) is 0 Å². The third-order valence-corrected chi connectivity index (χ3v) is 6.51. The van der Waals surface area contributed by atoms with E-state index in [-0.39, 0.29) is 0 Å². The number of nitrogens with one attached hydrogen (secondary N) is 1. The number of aromatic nitrogens is 2. The van der Waals surface area contributed by atoms with Gasteiger partial charge in [-0.1, -0.05) is 0 Å². The van der Waals surface area contributed by atoms with Gasteiger partial charge in [0.25, 0.3) is 0 Å². The van der Waals surface area contributed by atoms with Crippen LogP contribution in [0.1, 0.15) is 6.42 Å². The highest BCUT2D eigenvalue weighted by atomic mass is 79.9. The third-order valence-electron chi connectivity index (χ3n) is 5.82. The summed E-state index contributed by atoms with van der Waals surface area (Å²) in [5.41, 5.74) is 1.62. The summed E-state index contributed by atoms with van der Waals surface area (Å²) in [6, 6.07) is 9.56. The molecule has 176 valence electrons. The summed E-state index contributed by atoms with van der Waals surface area (Å²) in [4.78, 5) is 13.8. The number of fused-ring (bicyclic) bond motifs is 1. The number of nitrogens with zero attached hydrogens (tertiary/aromatic N) is 4. The minimum absolute atomic E-state index is 0.626. The van der Waals surface area contributed by atoms with Gasteiger partial charge >= 0.3 is 0 Å².